The van der Waals surface area contributed by atoms with Gasteiger partial charge in [-0.1, -0.05) is 0 Å². The van der Waals surface area contributed by atoms with Crippen molar-refractivity contribution in [3.8, 4) is 11.5 Å². The van der Waals surface area contributed by atoms with Gasteiger partial charge in [-0.3, -0.25) is 4.79 Å². The summed E-state index contributed by atoms with van der Waals surface area (Å²) in [4.78, 5) is 28.8. The van der Waals surface area contributed by atoms with Crippen LogP contribution in [0.15, 0.2) is 61.2 Å². The fraction of sp³-hybridized carbons (Fsp3) is 0.125. The van der Waals surface area contributed by atoms with Crippen molar-refractivity contribution in [2.24, 2.45) is 7.05 Å². The van der Waals surface area contributed by atoms with Gasteiger partial charge in [0.2, 0.25) is 5.91 Å². The molecule has 0 fully saturated rings. The minimum atomic E-state index is -0.193. The van der Waals surface area contributed by atoms with Crippen LogP contribution in [0.25, 0.3) is 22.1 Å². The molecule has 33 heavy (non-hydrogen) atoms. The maximum Gasteiger partial charge on any atom is 0.222 e. The molecule has 0 spiro atoms. The SMILES string of the molecule is CC(=O)Nc1ccc2ncnc(Nc3ccc(Oc4ccc5c(c4)ncn5C)c(C)c3)c2n1. The molecule has 2 aromatic carbocycles. The molecule has 0 saturated carbocycles. The highest BCUT2D eigenvalue weighted by Gasteiger charge is 2.10. The zero-order chi connectivity index (χ0) is 22.9. The fourth-order valence-corrected chi connectivity index (χ4v) is 3.57. The number of hydrogen-bond donors (Lipinski definition) is 2. The lowest BCUT2D eigenvalue weighted by molar-refractivity contribution is -0.114. The molecular formula is C24H21N7O2. The largest absolute Gasteiger partial charge is 0.457 e. The van der Waals surface area contributed by atoms with E-state index in [1.54, 1.807) is 18.5 Å². The summed E-state index contributed by atoms with van der Waals surface area (Å²) in [6, 6.07) is 15.1. The van der Waals surface area contributed by atoms with Crippen LogP contribution in [0.2, 0.25) is 0 Å². The highest BCUT2D eigenvalue weighted by Crippen LogP contribution is 2.31. The van der Waals surface area contributed by atoms with Crippen molar-refractivity contribution in [2.45, 2.75) is 13.8 Å². The normalized spacial score (nSPS) is 11.0. The minimum absolute atomic E-state index is 0.193. The fourth-order valence-electron chi connectivity index (χ4n) is 3.57. The summed E-state index contributed by atoms with van der Waals surface area (Å²) in [5.74, 6) is 2.26. The summed E-state index contributed by atoms with van der Waals surface area (Å²) >= 11 is 0. The van der Waals surface area contributed by atoms with Gasteiger partial charge in [0.1, 0.15) is 29.2 Å². The average molecular weight is 439 g/mol. The molecule has 0 aliphatic rings. The zero-order valence-corrected chi connectivity index (χ0v) is 18.3. The number of nitrogens with zero attached hydrogens (tertiary/aromatic N) is 5. The summed E-state index contributed by atoms with van der Waals surface area (Å²) in [7, 11) is 1.96. The number of amides is 1. The molecule has 2 N–H and O–H groups in total. The molecule has 164 valence electrons. The Morgan fingerprint density at radius 3 is 2.70 bits per heavy atom. The quantitative estimate of drug-likeness (QED) is 0.408. The summed E-state index contributed by atoms with van der Waals surface area (Å²) in [5.41, 5.74) is 4.94. The predicted molar refractivity (Wildman–Crippen MR) is 127 cm³/mol. The summed E-state index contributed by atoms with van der Waals surface area (Å²) < 4.78 is 8.07. The predicted octanol–water partition coefficient (Wildman–Crippen LogP) is 4.71. The molecule has 0 aliphatic carbocycles. The second-order valence-electron chi connectivity index (χ2n) is 7.68. The molecule has 0 atom stereocenters. The number of aryl methyl sites for hydroxylation is 2. The first-order chi connectivity index (χ1) is 16.0. The third kappa shape index (κ3) is 4.16. The molecule has 0 radical (unpaired) electrons. The Morgan fingerprint density at radius 2 is 1.88 bits per heavy atom. The number of rotatable bonds is 5. The van der Waals surface area contributed by atoms with Gasteiger partial charge in [-0.05, 0) is 55.0 Å². The number of fused-ring (bicyclic) bond motifs is 2. The Kier molecular flexibility index (Phi) is 5.06. The molecule has 0 saturated heterocycles. The van der Waals surface area contributed by atoms with Crippen molar-refractivity contribution in [1.29, 1.82) is 0 Å². The van der Waals surface area contributed by atoms with Gasteiger partial charge in [-0.15, -0.1) is 0 Å². The first-order valence-corrected chi connectivity index (χ1v) is 10.3. The number of carbonyl (C=O) groups excluding carboxylic acids is 1. The van der Waals surface area contributed by atoms with Crippen LogP contribution >= 0.6 is 0 Å². The van der Waals surface area contributed by atoms with Crippen LogP contribution in [0, 0.1) is 6.92 Å². The van der Waals surface area contributed by atoms with E-state index in [4.69, 9.17) is 4.74 Å². The lowest BCUT2D eigenvalue weighted by Gasteiger charge is -2.12. The number of ether oxygens (including phenoxy) is 1. The molecule has 0 aliphatic heterocycles. The Hall–Kier alpha value is -4.53. The number of imidazole rings is 1. The van der Waals surface area contributed by atoms with E-state index < -0.39 is 0 Å². The van der Waals surface area contributed by atoms with Crippen LogP contribution in [0.4, 0.5) is 17.3 Å². The van der Waals surface area contributed by atoms with Crippen LogP contribution in [-0.4, -0.2) is 30.4 Å². The van der Waals surface area contributed by atoms with E-state index in [1.165, 1.54) is 13.3 Å². The standard InChI is InChI=1S/C24H21N7O2/c1-14-10-16(4-8-21(14)33-17-5-7-20-19(11-17)27-13-31(20)3)29-24-23-18(25-12-26-24)6-9-22(30-23)28-15(2)32/h4-13H,1-3H3,(H,25,26,29)(H,28,30,32). The summed E-state index contributed by atoms with van der Waals surface area (Å²) in [6.07, 6.45) is 3.26. The third-order valence-electron chi connectivity index (χ3n) is 5.15. The molecule has 3 aromatic heterocycles. The molecule has 9 nitrogen and oxygen atoms in total. The van der Waals surface area contributed by atoms with Gasteiger partial charge in [-0.2, -0.15) is 0 Å². The number of nitrogens with one attached hydrogen (secondary N) is 2. The first kappa shape index (κ1) is 20.4. The Bertz CT molecular complexity index is 1510. The van der Waals surface area contributed by atoms with Gasteiger partial charge < -0.3 is 19.9 Å². The third-order valence-corrected chi connectivity index (χ3v) is 5.15. The van der Waals surface area contributed by atoms with Crippen molar-refractivity contribution in [2.75, 3.05) is 10.6 Å². The van der Waals surface area contributed by atoms with Gasteiger partial charge in [0.05, 0.1) is 22.9 Å². The molecule has 5 rings (SSSR count). The highest BCUT2D eigenvalue weighted by molar-refractivity contribution is 5.92. The van der Waals surface area contributed by atoms with Crippen LogP contribution in [0.5, 0.6) is 11.5 Å². The van der Waals surface area contributed by atoms with Crippen molar-refractivity contribution in [3.05, 3.63) is 66.7 Å². The molecule has 5 aromatic rings. The summed E-state index contributed by atoms with van der Waals surface area (Å²) in [5, 5.41) is 5.98. The second kappa shape index (κ2) is 8.19. The lowest BCUT2D eigenvalue weighted by atomic mass is 10.2. The van der Waals surface area contributed by atoms with E-state index >= 15 is 0 Å². The molecular weight excluding hydrogens is 418 g/mol. The molecule has 3 heterocycles. The number of carbonyl (C=O) groups is 1. The zero-order valence-electron chi connectivity index (χ0n) is 18.3. The average Bonchev–Trinajstić information content (AvgIpc) is 3.16. The van der Waals surface area contributed by atoms with Crippen LogP contribution in [0.3, 0.4) is 0 Å². The smallest absolute Gasteiger partial charge is 0.222 e. The Balaban J connectivity index is 1.40. The number of aromatic nitrogens is 5. The van der Waals surface area contributed by atoms with E-state index in [9.17, 15) is 4.79 Å². The van der Waals surface area contributed by atoms with E-state index in [0.717, 1.165) is 33.8 Å². The first-order valence-electron chi connectivity index (χ1n) is 10.3. The van der Waals surface area contributed by atoms with Crippen LogP contribution in [0.1, 0.15) is 12.5 Å². The van der Waals surface area contributed by atoms with Gasteiger partial charge in [0.15, 0.2) is 5.82 Å². The van der Waals surface area contributed by atoms with Crippen molar-refractivity contribution in [1.82, 2.24) is 24.5 Å². The molecule has 0 unspecified atom stereocenters. The lowest BCUT2D eigenvalue weighted by Crippen LogP contribution is -2.08. The Morgan fingerprint density at radius 1 is 1.00 bits per heavy atom. The summed E-state index contributed by atoms with van der Waals surface area (Å²) in [6.45, 7) is 3.42. The Labute approximate surface area is 189 Å². The van der Waals surface area contributed by atoms with E-state index in [1.807, 2.05) is 54.9 Å². The number of hydrogen-bond acceptors (Lipinski definition) is 7. The van der Waals surface area contributed by atoms with Crippen LogP contribution in [-0.2, 0) is 11.8 Å². The number of pyridine rings is 1. The van der Waals surface area contributed by atoms with Gasteiger partial charge in [0.25, 0.3) is 0 Å². The maximum absolute atomic E-state index is 11.4. The molecule has 1 amide bonds. The van der Waals surface area contributed by atoms with Gasteiger partial charge in [0, 0.05) is 25.7 Å². The van der Waals surface area contributed by atoms with Gasteiger partial charge >= 0.3 is 0 Å². The second-order valence-corrected chi connectivity index (χ2v) is 7.68. The van der Waals surface area contributed by atoms with E-state index in [0.29, 0.717) is 22.7 Å². The van der Waals surface area contributed by atoms with Gasteiger partial charge in [-0.25, -0.2) is 19.9 Å². The monoisotopic (exact) mass is 439 g/mol. The van der Waals surface area contributed by atoms with E-state index in [-0.39, 0.29) is 5.91 Å². The van der Waals surface area contributed by atoms with Crippen molar-refractivity contribution >= 4 is 45.3 Å². The van der Waals surface area contributed by atoms with Crippen molar-refractivity contribution < 1.29 is 9.53 Å². The number of anilines is 3. The molecule has 0 bridgehead atoms. The van der Waals surface area contributed by atoms with Crippen molar-refractivity contribution in [3.63, 3.8) is 0 Å². The highest BCUT2D eigenvalue weighted by atomic mass is 16.5. The van der Waals surface area contributed by atoms with E-state index in [2.05, 4.69) is 30.6 Å². The minimum Gasteiger partial charge on any atom is -0.457 e. The molecule has 9 heteroatoms. The van der Waals surface area contributed by atoms with Crippen LogP contribution < -0.4 is 15.4 Å². The maximum atomic E-state index is 11.4. The topological polar surface area (TPSA) is 107 Å². The number of benzene rings is 2.